The number of non-ortho nitro benzene ring substituents is 1. The molecule has 0 bridgehead atoms. The number of nitrogens with zero attached hydrogens (tertiary/aromatic N) is 1. The van der Waals surface area contributed by atoms with Crippen molar-refractivity contribution >= 4 is 44.6 Å². The van der Waals surface area contributed by atoms with Gasteiger partial charge in [-0.05, 0) is 40.2 Å². The lowest BCUT2D eigenvalue weighted by Crippen LogP contribution is -1.94. The average Bonchev–Trinajstić information content (AvgIpc) is 2.34. The first-order valence-corrected chi connectivity index (χ1v) is 6.30. The van der Waals surface area contributed by atoms with Gasteiger partial charge in [0.15, 0.2) is 0 Å². The largest absolute Gasteiger partial charge is 0.353 e. The Hall–Kier alpha value is -1.66. The third-order valence-electron chi connectivity index (χ3n) is 2.36. The molecule has 1 N–H and O–H groups in total. The molecule has 0 radical (unpaired) electrons. The van der Waals surface area contributed by atoms with Gasteiger partial charge in [-0.15, -0.1) is 0 Å². The minimum atomic E-state index is -0.487. The van der Waals surface area contributed by atoms with Gasteiger partial charge in [0.05, 0.1) is 21.3 Å². The Morgan fingerprint density at radius 3 is 2.47 bits per heavy atom. The van der Waals surface area contributed by atoms with Crippen molar-refractivity contribution in [3.63, 3.8) is 0 Å². The van der Waals surface area contributed by atoms with Crippen molar-refractivity contribution in [1.82, 2.24) is 0 Å². The van der Waals surface area contributed by atoms with Crippen molar-refractivity contribution in [3.8, 4) is 0 Å². The lowest BCUT2D eigenvalue weighted by Gasteiger charge is -2.10. The van der Waals surface area contributed by atoms with Gasteiger partial charge in [-0.2, -0.15) is 0 Å². The van der Waals surface area contributed by atoms with Gasteiger partial charge in [0, 0.05) is 16.6 Å². The SMILES string of the molecule is O=[N+]([O-])c1ccc(Nc2ccc(F)cc2Cl)c(Br)c1. The van der Waals surface area contributed by atoms with Gasteiger partial charge in [0.25, 0.3) is 5.69 Å². The summed E-state index contributed by atoms with van der Waals surface area (Å²) in [7, 11) is 0. The molecule has 4 nitrogen and oxygen atoms in total. The van der Waals surface area contributed by atoms with E-state index in [4.69, 9.17) is 11.6 Å². The van der Waals surface area contributed by atoms with E-state index in [1.807, 2.05) is 0 Å². The summed E-state index contributed by atoms with van der Waals surface area (Å²) >= 11 is 9.12. The van der Waals surface area contributed by atoms with Crippen molar-refractivity contribution in [2.45, 2.75) is 0 Å². The van der Waals surface area contributed by atoms with E-state index in [0.29, 0.717) is 15.8 Å². The van der Waals surface area contributed by atoms with Crippen LogP contribution in [0.2, 0.25) is 5.02 Å². The summed E-state index contributed by atoms with van der Waals surface area (Å²) < 4.78 is 13.4. The van der Waals surface area contributed by atoms with E-state index in [9.17, 15) is 14.5 Å². The van der Waals surface area contributed by atoms with E-state index in [-0.39, 0.29) is 10.7 Å². The predicted octanol–water partition coefficient (Wildman–Crippen LogP) is 4.89. The summed E-state index contributed by atoms with van der Waals surface area (Å²) in [6, 6.07) is 8.23. The Morgan fingerprint density at radius 1 is 1.21 bits per heavy atom. The van der Waals surface area contributed by atoms with E-state index in [0.717, 1.165) is 0 Å². The van der Waals surface area contributed by atoms with Crippen LogP contribution < -0.4 is 5.32 Å². The molecule has 2 aromatic rings. The fourth-order valence-corrected chi connectivity index (χ4v) is 2.14. The molecule has 0 amide bonds. The maximum Gasteiger partial charge on any atom is 0.270 e. The quantitative estimate of drug-likeness (QED) is 0.636. The number of nitrogens with one attached hydrogen (secondary N) is 1. The van der Waals surface area contributed by atoms with Crippen molar-refractivity contribution in [1.29, 1.82) is 0 Å². The van der Waals surface area contributed by atoms with Gasteiger partial charge in [-0.25, -0.2) is 4.39 Å². The van der Waals surface area contributed by atoms with Gasteiger partial charge < -0.3 is 5.32 Å². The summed E-state index contributed by atoms with van der Waals surface area (Å²) in [5.41, 5.74) is 1.08. The second kappa shape index (κ2) is 5.54. The van der Waals surface area contributed by atoms with Gasteiger partial charge in [-0.3, -0.25) is 10.1 Å². The van der Waals surface area contributed by atoms with Gasteiger partial charge in [0.2, 0.25) is 0 Å². The highest BCUT2D eigenvalue weighted by Gasteiger charge is 2.10. The van der Waals surface area contributed by atoms with Gasteiger partial charge in [-0.1, -0.05) is 11.6 Å². The number of nitro benzene ring substituents is 1. The molecule has 0 heterocycles. The van der Waals surface area contributed by atoms with Gasteiger partial charge in [0.1, 0.15) is 5.82 Å². The van der Waals surface area contributed by atoms with E-state index in [1.165, 1.54) is 30.3 Å². The monoisotopic (exact) mass is 344 g/mol. The molecule has 2 aromatic carbocycles. The van der Waals surface area contributed by atoms with Crippen molar-refractivity contribution in [2.75, 3.05) is 5.32 Å². The molecular weight excluding hydrogens is 338 g/mol. The third-order valence-corrected chi connectivity index (χ3v) is 3.33. The number of hydrogen-bond acceptors (Lipinski definition) is 3. The van der Waals surface area contributed by atoms with Crippen LogP contribution in [-0.4, -0.2) is 4.92 Å². The molecule has 0 saturated heterocycles. The molecule has 0 fully saturated rings. The fraction of sp³-hybridized carbons (Fsp3) is 0. The highest BCUT2D eigenvalue weighted by Crippen LogP contribution is 2.32. The smallest absolute Gasteiger partial charge is 0.270 e. The van der Waals surface area contributed by atoms with E-state index < -0.39 is 10.7 Å². The molecule has 19 heavy (non-hydrogen) atoms. The molecule has 7 heteroatoms. The number of anilines is 2. The molecule has 0 aliphatic rings. The van der Waals surface area contributed by atoms with Crippen LogP contribution in [-0.2, 0) is 0 Å². The van der Waals surface area contributed by atoms with Crippen LogP contribution in [0, 0.1) is 15.9 Å². The molecule has 0 aromatic heterocycles. The Balaban J connectivity index is 2.31. The number of benzene rings is 2. The highest BCUT2D eigenvalue weighted by atomic mass is 79.9. The standard InChI is InChI=1S/C12H7BrClFN2O2/c13-9-6-8(17(18)19)2-4-11(9)16-12-3-1-7(15)5-10(12)14/h1-6,16H. The van der Waals surface area contributed by atoms with Crippen molar-refractivity contribution in [3.05, 3.63) is 61.8 Å². The number of hydrogen-bond donors (Lipinski definition) is 1. The second-order valence-corrected chi connectivity index (χ2v) is 4.93. The molecule has 0 atom stereocenters. The molecule has 2 rings (SSSR count). The van der Waals surface area contributed by atoms with E-state index >= 15 is 0 Å². The minimum absolute atomic E-state index is 0.0253. The first-order chi connectivity index (χ1) is 8.97. The highest BCUT2D eigenvalue weighted by molar-refractivity contribution is 9.10. The second-order valence-electron chi connectivity index (χ2n) is 3.67. The van der Waals surface area contributed by atoms with Gasteiger partial charge >= 0.3 is 0 Å². The molecule has 0 saturated carbocycles. The summed E-state index contributed by atoms with van der Waals surface area (Å²) in [4.78, 5) is 10.1. The Morgan fingerprint density at radius 2 is 1.89 bits per heavy atom. The molecule has 98 valence electrons. The summed E-state index contributed by atoms with van der Waals surface area (Å²) in [6.45, 7) is 0. The van der Waals surface area contributed by atoms with Crippen LogP contribution in [0.1, 0.15) is 0 Å². The average molecular weight is 346 g/mol. The maximum absolute atomic E-state index is 12.9. The zero-order valence-corrected chi connectivity index (χ0v) is 11.7. The van der Waals surface area contributed by atoms with Crippen LogP contribution in [0.25, 0.3) is 0 Å². The van der Waals surface area contributed by atoms with Crippen LogP contribution >= 0.6 is 27.5 Å². The summed E-state index contributed by atoms with van der Waals surface area (Å²) in [5.74, 6) is -0.432. The number of rotatable bonds is 3. The van der Waals surface area contributed by atoms with Crippen molar-refractivity contribution < 1.29 is 9.31 Å². The molecule has 0 unspecified atom stereocenters. The normalized spacial score (nSPS) is 10.3. The topological polar surface area (TPSA) is 55.2 Å². The number of halogens is 3. The lowest BCUT2D eigenvalue weighted by molar-refractivity contribution is -0.384. The minimum Gasteiger partial charge on any atom is -0.353 e. The zero-order valence-electron chi connectivity index (χ0n) is 9.36. The van der Waals surface area contributed by atoms with Crippen LogP contribution in [0.3, 0.4) is 0 Å². The molecular formula is C12H7BrClFN2O2. The molecule has 0 aliphatic heterocycles. The predicted molar refractivity (Wildman–Crippen MR) is 75.5 cm³/mol. The van der Waals surface area contributed by atoms with E-state index in [1.54, 1.807) is 6.07 Å². The maximum atomic E-state index is 12.9. The zero-order chi connectivity index (χ0) is 14.0. The third kappa shape index (κ3) is 3.21. The van der Waals surface area contributed by atoms with Crippen LogP contribution in [0.5, 0.6) is 0 Å². The van der Waals surface area contributed by atoms with Crippen LogP contribution in [0.4, 0.5) is 21.5 Å². The lowest BCUT2D eigenvalue weighted by atomic mass is 10.2. The first-order valence-electron chi connectivity index (χ1n) is 5.13. The Bertz CT molecular complexity index is 652. The Labute approximate surface area is 121 Å². The van der Waals surface area contributed by atoms with Crippen molar-refractivity contribution in [2.24, 2.45) is 0 Å². The van der Waals surface area contributed by atoms with Crippen LogP contribution in [0.15, 0.2) is 40.9 Å². The van der Waals surface area contributed by atoms with E-state index in [2.05, 4.69) is 21.2 Å². The fourth-order valence-electron chi connectivity index (χ4n) is 1.45. The first kappa shape index (κ1) is 13.8. The summed E-state index contributed by atoms with van der Waals surface area (Å²) in [6.07, 6.45) is 0. The Kier molecular flexibility index (Phi) is 4.01. The molecule has 0 aliphatic carbocycles. The number of nitro groups is 1. The molecule has 0 spiro atoms. The summed E-state index contributed by atoms with van der Waals surface area (Å²) in [5, 5.41) is 13.8.